The fourth-order valence-corrected chi connectivity index (χ4v) is 1.35. The van der Waals surface area contributed by atoms with Crippen molar-refractivity contribution in [3.63, 3.8) is 0 Å². The fraction of sp³-hybridized carbons (Fsp3) is 0.857. The minimum Gasteiger partial charge on any atom is -0.408 e. The van der Waals surface area contributed by atoms with Crippen LogP contribution in [0, 0.1) is 0 Å². The molecular weight excluding hydrogens is 158 g/mol. The van der Waals surface area contributed by atoms with Crippen molar-refractivity contribution in [1.29, 1.82) is 0 Å². The zero-order valence-electron chi connectivity index (χ0n) is 7.23. The third-order valence-electron chi connectivity index (χ3n) is 2.10. The monoisotopic (exact) mass is 173 g/mol. The number of hydrogen-bond donors (Lipinski definition) is 2. The number of hydrogen-bond acceptors (Lipinski definition) is 3. The molecule has 5 nitrogen and oxygen atoms in total. The van der Waals surface area contributed by atoms with E-state index in [9.17, 15) is 0 Å². The molecule has 1 atom stereocenters. The molecule has 1 fully saturated rings. The summed E-state index contributed by atoms with van der Waals surface area (Å²) in [6, 6.07) is 0.245. The second-order valence-electron chi connectivity index (χ2n) is 2.79. The van der Waals surface area contributed by atoms with E-state index in [-0.39, 0.29) is 12.0 Å². The summed E-state index contributed by atoms with van der Waals surface area (Å²) in [4.78, 5) is 1.86. The van der Waals surface area contributed by atoms with Gasteiger partial charge >= 0.3 is 0 Å². The molecule has 0 aliphatic carbocycles. The predicted molar refractivity (Wildman–Crippen MR) is 45.0 cm³/mol. The van der Waals surface area contributed by atoms with Crippen molar-refractivity contribution in [3.05, 3.63) is 0 Å². The molecule has 5 heteroatoms. The first-order valence-electron chi connectivity index (χ1n) is 4.11. The molecule has 0 aromatic rings. The molecule has 3 N–H and O–H groups in total. The summed E-state index contributed by atoms with van der Waals surface area (Å²) < 4.78 is 5.26. The van der Waals surface area contributed by atoms with Crippen LogP contribution in [-0.2, 0) is 4.74 Å². The Labute approximate surface area is 71.8 Å². The van der Waals surface area contributed by atoms with Gasteiger partial charge in [0.2, 0.25) is 5.96 Å². The normalized spacial score (nSPS) is 25.9. The number of rotatable bonds is 1. The molecule has 0 aromatic carbocycles. The molecule has 1 aliphatic rings. The molecular formula is C7H15N3O2. The SMILES string of the molecule is CCC1COCCN1/C(N)=N/O. The Hall–Kier alpha value is -0.970. The van der Waals surface area contributed by atoms with Gasteiger partial charge in [0.15, 0.2) is 0 Å². The molecule has 0 amide bonds. The van der Waals surface area contributed by atoms with E-state index < -0.39 is 0 Å². The molecule has 70 valence electrons. The van der Waals surface area contributed by atoms with E-state index in [2.05, 4.69) is 12.1 Å². The molecule has 1 rings (SSSR count). The average molecular weight is 173 g/mol. The van der Waals surface area contributed by atoms with Crippen LogP contribution < -0.4 is 5.73 Å². The van der Waals surface area contributed by atoms with E-state index >= 15 is 0 Å². The van der Waals surface area contributed by atoms with Crippen LogP contribution in [0.1, 0.15) is 13.3 Å². The topological polar surface area (TPSA) is 71.1 Å². The van der Waals surface area contributed by atoms with Crippen LogP contribution in [0.15, 0.2) is 5.16 Å². The summed E-state index contributed by atoms with van der Waals surface area (Å²) in [5.41, 5.74) is 5.48. The van der Waals surface area contributed by atoms with E-state index in [1.165, 1.54) is 0 Å². The quantitative estimate of drug-likeness (QED) is 0.249. The second-order valence-corrected chi connectivity index (χ2v) is 2.79. The Bertz CT molecular complexity index is 172. The minimum absolute atomic E-state index is 0.185. The summed E-state index contributed by atoms with van der Waals surface area (Å²) in [6.07, 6.45) is 0.941. The van der Waals surface area contributed by atoms with Gasteiger partial charge in [0, 0.05) is 6.54 Å². The Morgan fingerprint density at radius 2 is 2.58 bits per heavy atom. The highest BCUT2D eigenvalue weighted by atomic mass is 16.5. The maximum absolute atomic E-state index is 8.48. The minimum atomic E-state index is 0.185. The highest BCUT2D eigenvalue weighted by Crippen LogP contribution is 2.08. The first-order chi connectivity index (χ1) is 5.79. The van der Waals surface area contributed by atoms with Gasteiger partial charge in [-0.25, -0.2) is 0 Å². The molecule has 12 heavy (non-hydrogen) atoms. The maximum Gasteiger partial charge on any atom is 0.233 e. The highest BCUT2D eigenvalue weighted by Gasteiger charge is 2.22. The van der Waals surface area contributed by atoms with Gasteiger partial charge in [0.05, 0.1) is 19.3 Å². The van der Waals surface area contributed by atoms with Crippen LogP contribution in [0.5, 0.6) is 0 Å². The van der Waals surface area contributed by atoms with Crippen LogP contribution in [0.4, 0.5) is 0 Å². The standard InChI is InChI=1S/C7H15N3O2/c1-2-6-5-12-4-3-10(6)7(8)9-11/h6,11H,2-5H2,1H3,(H2,8,9). The summed E-state index contributed by atoms with van der Waals surface area (Å²) in [7, 11) is 0. The molecule has 1 aliphatic heterocycles. The van der Waals surface area contributed by atoms with Crippen molar-refractivity contribution < 1.29 is 9.94 Å². The first-order valence-corrected chi connectivity index (χ1v) is 4.11. The van der Waals surface area contributed by atoms with Gasteiger partial charge in [0.25, 0.3) is 0 Å². The zero-order valence-corrected chi connectivity index (χ0v) is 7.23. The van der Waals surface area contributed by atoms with Crippen LogP contribution in [-0.4, -0.2) is 41.9 Å². The fourth-order valence-electron chi connectivity index (χ4n) is 1.35. The highest BCUT2D eigenvalue weighted by molar-refractivity contribution is 5.77. The van der Waals surface area contributed by atoms with Crippen LogP contribution in [0.3, 0.4) is 0 Å². The average Bonchev–Trinajstić information content (AvgIpc) is 2.16. The maximum atomic E-state index is 8.48. The van der Waals surface area contributed by atoms with Gasteiger partial charge in [0.1, 0.15) is 0 Å². The lowest BCUT2D eigenvalue weighted by Gasteiger charge is -2.35. The number of nitrogens with zero attached hydrogens (tertiary/aromatic N) is 2. The molecule has 1 unspecified atom stereocenters. The Morgan fingerprint density at radius 1 is 1.83 bits per heavy atom. The van der Waals surface area contributed by atoms with Crippen molar-refractivity contribution in [2.24, 2.45) is 10.9 Å². The lowest BCUT2D eigenvalue weighted by molar-refractivity contribution is 0.0231. The van der Waals surface area contributed by atoms with Crippen LogP contribution in [0.2, 0.25) is 0 Å². The first kappa shape index (κ1) is 9.12. The Morgan fingerprint density at radius 3 is 3.17 bits per heavy atom. The second kappa shape index (κ2) is 4.15. The largest absolute Gasteiger partial charge is 0.408 e. The molecule has 1 heterocycles. The number of ether oxygens (including phenoxy) is 1. The third kappa shape index (κ3) is 1.79. The summed E-state index contributed by atoms with van der Waals surface area (Å²) >= 11 is 0. The third-order valence-corrected chi connectivity index (χ3v) is 2.10. The summed E-state index contributed by atoms with van der Waals surface area (Å²) in [5, 5.41) is 11.5. The zero-order chi connectivity index (χ0) is 8.97. The van der Waals surface area contributed by atoms with Gasteiger partial charge in [-0.15, -0.1) is 0 Å². The van der Waals surface area contributed by atoms with E-state index in [1.54, 1.807) is 0 Å². The molecule has 0 radical (unpaired) electrons. The van der Waals surface area contributed by atoms with Crippen molar-refractivity contribution in [2.75, 3.05) is 19.8 Å². The lowest BCUT2D eigenvalue weighted by atomic mass is 10.2. The van der Waals surface area contributed by atoms with Gasteiger partial charge in [-0.05, 0) is 6.42 Å². The van der Waals surface area contributed by atoms with Crippen molar-refractivity contribution in [3.8, 4) is 0 Å². The molecule has 0 saturated carbocycles. The number of nitrogens with two attached hydrogens (primary N) is 1. The molecule has 0 bridgehead atoms. The van der Waals surface area contributed by atoms with E-state index in [4.69, 9.17) is 15.7 Å². The Kier molecular flexibility index (Phi) is 3.16. The molecule has 0 spiro atoms. The van der Waals surface area contributed by atoms with Gasteiger partial charge < -0.3 is 20.6 Å². The smallest absolute Gasteiger partial charge is 0.233 e. The number of guanidine groups is 1. The van der Waals surface area contributed by atoms with Crippen molar-refractivity contribution in [1.82, 2.24) is 4.90 Å². The predicted octanol–water partition coefficient (Wildman–Crippen LogP) is -0.199. The molecule has 1 saturated heterocycles. The molecule has 0 aromatic heterocycles. The van der Waals surface area contributed by atoms with Gasteiger partial charge in [-0.3, -0.25) is 0 Å². The van der Waals surface area contributed by atoms with E-state index in [0.29, 0.717) is 19.8 Å². The van der Waals surface area contributed by atoms with Crippen molar-refractivity contribution in [2.45, 2.75) is 19.4 Å². The van der Waals surface area contributed by atoms with Crippen LogP contribution in [0.25, 0.3) is 0 Å². The number of oxime groups is 1. The van der Waals surface area contributed by atoms with Crippen molar-refractivity contribution >= 4 is 5.96 Å². The van der Waals surface area contributed by atoms with Crippen LogP contribution >= 0.6 is 0 Å². The lowest BCUT2D eigenvalue weighted by Crippen LogP contribution is -2.51. The summed E-state index contributed by atoms with van der Waals surface area (Å²) in [5.74, 6) is 0.185. The Balaban J connectivity index is 2.58. The number of morpholine rings is 1. The van der Waals surface area contributed by atoms with E-state index in [0.717, 1.165) is 6.42 Å². The van der Waals surface area contributed by atoms with Gasteiger partial charge in [-0.1, -0.05) is 12.1 Å². The summed E-state index contributed by atoms with van der Waals surface area (Å²) in [6.45, 7) is 4.06. The van der Waals surface area contributed by atoms with E-state index in [1.807, 2.05) is 4.90 Å². The van der Waals surface area contributed by atoms with Gasteiger partial charge in [-0.2, -0.15) is 0 Å².